The number of hydrogen-bond donors (Lipinski definition) is 1. The Morgan fingerprint density at radius 2 is 2.07 bits per heavy atom. The molecule has 0 radical (unpaired) electrons. The van der Waals surface area contributed by atoms with Gasteiger partial charge in [-0.2, -0.15) is 0 Å². The Kier molecular flexibility index (Phi) is 4.96. The van der Waals surface area contributed by atoms with Gasteiger partial charge in [0.05, 0.1) is 13.2 Å². The molecule has 4 nitrogen and oxygen atoms in total. The molecule has 0 saturated carbocycles. The molecule has 6 heteroatoms. The minimum Gasteiger partial charge on any atom is -0.313 e. The number of rotatable bonds is 6. The average Bonchev–Trinajstić information content (AvgIpc) is 2.70. The van der Waals surface area contributed by atoms with E-state index in [4.69, 9.17) is 14.8 Å². The molecule has 1 atom stereocenters. The van der Waals surface area contributed by atoms with Gasteiger partial charge in [0, 0.05) is 4.88 Å². The van der Waals surface area contributed by atoms with E-state index >= 15 is 0 Å². The lowest BCUT2D eigenvalue weighted by Crippen LogP contribution is -2.13. The van der Waals surface area contributed by atoms with E-state index in [2.05, 4.69) is 0 Å². The molecule has 15 heavy (non-hydrogen) atoms. The minimum atomic E-state index is -3.21. The molecule has 0 fully saturated rings. The number of thiophene rings is 1. The van der Waals surface area contributed by atoms with Crippen LogP contribution in [0.15, 0.2) is 17.5 Å². The zero-order valence-corrected chi connectivity index (χ0v) is 10.6. The highest BCUT2D eigenvalue weighted by atomic mass is 32.1. The first kappa shape index (κ1) is 12.9. The SMILES string of the molecule is CCOP(=O)(OCC)[C@H](N)c1cccs1. The molecular formula is C9H16NO3PS. The van der Waals surface area contributed by atoms with Crippen LogP contribution < -0.4 is 5.73 Å². The highest BCUT2D eigenvalue weighted by molar-refractivity contribution is 7.54. The van der Waals surface area contributed by atoms with Gasteiger partial charge in [0.25, 0.3) is 0 Å². The molecular weight excluding hydrogens is 233 g/mol. The highest BCUT2D eigenvalue weighted by Gasteiger charge is 2.34. The van der Waals surface area contributed by atoms with Gasteiger partial charge in [-0.25, -0.2) is 0 Å². The van der Waals surface area contributed by atoms with Gasteiger partial charge in [-0.15, -0.1) is 11.3 Å². The Morgan fingerprint density at radius 1 is 1.47 bits per heavy atom. The van der Waals surface area contributed by atoms with Gasteiger partial charge in [-0.3, -0.25) is 4.57 Å². The van der Waals surface area contributed by atoms with Gasteiger partial charge >= 0.3 is 7.60 Å². The molecule has 0 spiro atoms. The van der Waals surface area contributed by atoms with Gasteiger partial charge < -0.3 is 14.8 Å². The van der Waals surface area contributed by atoms with Gasteiger partial charge in [-0.1, -0.05) is 6.07 Å². The first-order chi connectivity index (χ1) is 7.14. The Bertz CT molecular complexity index is 318. The second kappa shape index (κ2) is 5.77. The third-order valence-electron chi connectivity index (χ3n) is 1.79. The predicted octanol–water partition coefficient (Wildman–Crippen LogP) is 2.97. The summed E-state index contributed by atoms with van der Waals surface area (Å²) < 4.78 is 22.6. The summed E-state index contributed by atoms with van der Waals surface area (Å²) in [5.74, 6) is -0.683. The van der Waals surface area contributed by atoms with E-state index in [1.165, 1.54) is 11.3 Å². The fourth-order valence-corrected chi connectivity index (χ4v) is 3.87. The second-order valence-corrected chi connectivity index (χ2v) is 5.97. The van der Waals surface area contributed by atoms with E-state index in [-0.39, 0.29) is 0 Å². The monoisotopic (exact) mass is 249 g/mol. The van der Waals surface area contributed by atoms with Crippen LogP contribution in [0.3, 0.4) is 0 Å². The maximum Gasteiger partial charge on any atom is 0.352 e. The molecule has 0 aliphatic carbocycles. The molecule has 1 rings (SSSR count). The fourth-order valence-electron chi connectivity index (χ4n) is 1.17. The summed E-state index contributed by atoms with van der Waals surface area (Å²) in [6.07, 6.45) is 0. The highest BCUT2D eigenvalue weighted by Crippen LogP contribution is 2.58. The Labute approximate surface area is 93.9 Å². The molecule has 0 aliphatic rings. The number of nitrogens with two attached hydrogens (primary N) is 1. The fraction of sp³-hybridized carbons (Fsp3) is 0.556. The van der Waals surface area contributed by atoms with Crippen LogP contribution in [0, 0.1) is 0 Å². The minimum absolute atomic E-state index is 0.330. The summed E-state index contributed by atoms with van der Waals surface area (Å²) >= 11 is 1.45. The molecule has 86 valence electrons. The zero-order valence-electron chi connectivity index (χ0n) is 8.88. The van der Waals surface area contributed by atoms with Crippen molar-refractivity contribution in [2.24, 2.45) is 5.73 Å². The van der Waals surface area contributed by atoms with Gasteiger partial charge in [0.2, 0.25) is 0 Å². The lowest BCUT2D eigenvalue weighted by molar-refractivity contribution is 0.212. The van der Waals surface area contributed by atoms with Gasteiger partial charge in [0.1, 0.15) is 5.78 Å². The summed E-state index contributed by atoms with van der Waals surface area (Å²) in [6.45, 7) is 4.20. The summed E-state index contributed by atoms with van der Waals surface area (Å²) in [4.78, 5) is 0.820. The first-order valence-corrected chi connectivity index (χ1v) is 7.31. The van der Waals surface area contributed by atoms with E-state index in [1.807, 2.05) is 17.5 Å². The van der Waals surface area contributed by atoms with Crippen LogP contribution in [-0.4, -0.2) is 13.2 Å². The van der Waals surface area contributed by atoms with Crippen LogP contribution in [0.25, 0.3) is 0 Å². The van der Waals surface area contributed by atoms with Crippen LogP contribution in [-0.2, 0) is 13.6 Å². The zero-order chi connectivity index (χ0) is 11.3. The van der Waals surface area contributed by atoms with Crippen LogP contribution in [0.5, 0.6) is 0 Å². The smallest absolute Gasteiger partial charge is 0.313 e. The second-order valence-electron chi connectivity index (χ2n) is 2.84. The molecule has 0 unspecified atom stereocenters. The topological polar surface area (TPSA) is 61.5 Å². The summed E-state index contributed by atoms with van der Waals surface area (Å²) in [5.41, 5.74) is 5.89. The molecule has 0 aliphatic heterocycles. The van der Waals surface area contributed by atoms with Crippen LogP contribution in [0.4, 0.5) is 0 Å². The van der Waals surface area contributed by atoms with Crippen LogP contribution >= 0.6 is 18.9 Å². The van der Waals surface area contributed by atoms with E-state index in [0.29, 0.717) is 13.2 Å². The molecule has 1 aromatic heterocycles. The molecule has 1 aromatic rings. The molecule has 1 heterocycles. The van der Waals surface area contributed by atoms with Crippen LogP contribution in [0.2, 0.25) is 0 Å². The number of hydrogen-bond acceptors (Lipinski definition) is 5. The van der Waals surface area contributed by atoms with E-state index in [9.17, 15) is 4.57 Å². The summed E-state index contributed by atoms with van der Waals surface area (Å²) in [7, 11) is -3.21. The molecule has 0 aromatic carbocycles. The van der Waals surface area contributed by atoms with Crippen molar-refractivity contribution in [3.8, 4) is 0 Å². The van der Waals surface area contributed by atoms with Crippen molar-refractivity contribution in [1.29, 1.82) is 0 Å². The normalized spacial score (nSPS) is 14.1. The Morgan fingerprint density at radius 3 is 2.47 bits per heavy atom. The van der Waals surface area contributed by atoms with Gasteiger partial charge in [0.15, 0.2) is 0 Å². The Balaban J connectivity index is 2.84. The van der Waals surface area contributed by atoms with Crippen molar-refractivity contribution in [3.63, 3.8) is 0 Å². The van der Waals surface area contributed by atoms with Crippen molar-refractivity contribution in [3.05, 3.63) is 22.4 Å². The van der Waals surface area contributed by atoms with Crippen molar-refractivity contribution in [1.82, 2.24) is 0 Å². The van der Waals surface area contributed by atoms with E-state index < -0.39 is 13.4 Å². The average molecular weight is 249 g/mol. The van der Waals surface area contributed by atoms with Crippen molar-refractivity contribution < 1.29 is 13.6 Å². The summed E-state index contributed by atoms with van der Waals surface area (Å²) in [5, 5.41) is 1.89. The van der Waals surface area contributed by atoms with Crippen LogP contribution in [0.1, 0.15) is 24.5 Å². The van der Waals surface area contributed by atoms with E-state index in [0.717, 1.165) is 4.88 Å². The van der Waals surface area contributed by atoms with Crippen molar-refractivity contribution in [2.75, 3.05) is 13.2 Å². The quantitative estimate of drug-likeness (QED) is 0.787. The largest absolute Gasteiger partial charge is 0.352 e. The molecule has 0 saturated heterocycles. The Hall–Kier alpha value is -0.190. The molecule has 0 bridgehead atoms. The third kappa shape index (κ3) is 3.13. The lowest BCUT2D eigenvalue weighted by Gasteiger charge is -2.22. The lowest BCUT2D eigenvalue weighted by atomic mass is 10.5. The van der Waals surface area contributed by atoms with E-state index in [1.54, 1.807) is 13.8 Å². The maximum atomic E-state index is 12.2. The molecule has 0 amide bonds. The maximum absolute atomic E-state index is 12.2. The van der Waals surface area contributed by atoms with Gasteiger partial charge in [-0.05, 0) is 25.3 Å². The molecule has 2 N–H and O–H groups in total. The first-order valence-electron chi connectivity index (χ1n) is 4.81. The van der Waals surface area contributed by atoms with Crippen molar-refractivity contribution >= 4 is 18.9 Å². The van der Waals surface area contributed by atoms with Crippen molar-refractivity contribution in [2.45, 2.75) is 19.6 Å². The predicted molar refractivity (Wildman–Crippen MR) is 62.1 cm³/mol. The summed E-state index contributed by atoms with van der Waals surface area (Å²) in [6, 6.07) is 3.70. The third-order valence-corrected chi connectivity index (χ3v) is 5.12. The standard InChI is InChI=1S/C9H16NO3PS/c1-3-12-14(11,13-4-2)9(10)8-6-5-7-15-8/h5-7,9H,3-4,10H2,1-2H3/t9-/m0/s1.